The molecule has 78 valence electrons. The highest BCUT2D eigenvalue weighted by Crippen LogP contribution is 2.15. The van der Waals surface area contributed by atoms with Crippen molar-refractivity contribution in [1.82, 2.24) is 5.32 Å². The minimum absolute atomic E-state index is 0.0598. The van der Waals surface area contributed by atoms with Crippen molar-refractivity contribution < 1.29 is 4.79 Å². The SMILES string of the molecule is CCCSCCNC(=O)C(C)(C)Br. The molecular weight excluding hydrogens is 250 g/mol. The predicted octanol–water partition coefficient (Wildman–Crippen LogP) is 2.42. The van der Waals surface area contributed by atoms with Crippen LogP contribution in [-0.2, 0) is 4.79 Å². The second kappa shape index (κ2) is 6.71. The molecule has 0 bridgehead atoms. The summed E-state index contributed by atoms with van der Waals surface area (Å²) in [5, 5.41) is 2.87. The van der Waals surface area contributed by atoms with Gasteiger partial charge in [-0.15, -0.1) is 0 Å². The molecule has 0 aromatic heterocycles. The topological polar surface area (TPSA) is 29.1 Å². The molecule has 0 radical (unpaired) electrons. The second-order valence-electron chi connectivity index (χ2n) is 3.34. The molecule has 2 nitrogen and oxygen atoms in total. The molecule has 0 saturated heterocycles. The number of thioether (sulfide) groups is 1. The van der Waals surface area contributed by atoms with Gasteiger partial charge in [-0.25, -0.2) is 0 Å². The Hall–Kier alpha value is 0.300. The van der Waals surface area contributed by atoms with Gasteiger partial charge in [-0.05, 0) is 26.0 Å². The average molecular weight is 268 g/mol. The van der Waals surface area contributed by atoms with E-state index >= 15 is 0 Å². The molecule has 0 aliphatic heterocycles. The smallest absolute Gasteiger partial charge is 0.236 e. The number of carbonyl (C=O) groups excluding carboxylic acids is 1. The molecule has 0 aromatic carbocycles. The zero-order valence-corrected chi connectivity index (χ0v) is 10.9. The van der Waals surface area contributed by atoms with E-state index in [0.29, 0.717) is 0 Å². The summed E-state index contributed by atoms with van der Waals surface area (Å²) in [6.07, 6.45) is 1.20. The van der Waals surface area contributed by atoms with E-state index in [1.165, 1.54) is 12.2 Å². The first-order valence-electron chi connectivity index (χ1n) is 4.53. The predicted molar refractivity (Wildman–Crippen MR) is 63.6 cm³/mol. The third-order valence-electron chi connectivity index (χ3n) is 1.42. The third kappa shape index (κ3) is 7.38. The standard InChI is InChI=1S/C9H18BrNOS/c1-4-6-13-7-5-11-8(12)9(2,3)10/h4-7H2,1-3H3,(H,11,12). The van der Waals surface area contributed by atoms with Crippen LogP contribution < -0.4 is 5.32 Å². The molecule has 0 atom stereocenters. The van der Waals surface area contributed by atoms with Crippen LogP contribution >= 0.6 is 27.7 Å². The number of amides is 1. The lowest BCUT2D eigenvalue weighted by atomic mass is 10.2. The number of alkyl halides is 1. The van der Waals surface area contributed by atoms with Crippen molar-refractivity contribution in [2.24, 2.45) is 0 Å². The molecular formula is C9H18BrNOS. The molecule has 0 aromatic rings. The highest BCUT2D eigenvalue weighted by atomic mass is 79.9. The van der Waals surface area contributed by atoms with Gasteiger partial charge in [-0.3, -0.25) is 4.79 Å². The fraction of sp³-hybridized carbons (Fsp3) is 0.889. The van der Waals surface area contributed by atoms with Crippen LogP contribution in [0.1, 0.15) is 27.2 Å². The Bertz CT molecular complexity index is 156. The molecule has 0 fully saturated rings. The Morgan fingerprint density at radius 2 is 2.08 bits per heavy atom. The quantitative estimate of drug-likeness (QED) is 0.592. The van der Waals surface area contributed by atoms with Crippen LogP contribution in [0.5, 0.6) is 0 Å². The van der Waals surface area contributed by atoms with E-state index in [9.17, 15) is 4.79 Å². The van der Waals surface area contributed by atoms with Gasteiger partial charge >= 0.3 is 0 Å². The first-order chi connectivity index (χ1) is 5.98. The lowest BCUT2D eigenvalue weighted by molar-refractivity contribution is -0.122. The van der Waals surface area contributed by atoms with Crippen molar-refractivity contribution in [3.63, 3.8) is 0 Å². The van der Waals surface area contributed by atoms with Crippen molar-refractivity contribution in [1.29, 1.82) is 0 Å². The number of rotatable bonds is 6. The number of hydrogen-bond acceptors (Lipinski definition) is 2. The number of carbonyl (C=O) groups is 1. The van der Waals surface area contributed by atoms with Crippen LogP contribution in [0.15, 0.2) is 0 Å². The Kier molecular flexibility index (Phi) is 6.86. The van der Waals surface area contributed by atoms with E-state index < -0.39 is 4.32 Å². The van der Waals surface area contributed by atoms with E-state index in [4.69, 9.17) is 0 Å². The molecule has 0 spiro atoms. The largest absolute Gasteiger partial charge is 0.354 e. The van der Waals surface area contributed by atoms with E-state index in [1.807, 2.05) is 25.6 Å². The monoisotopic (exact) mass is 267 g/mol. The summed E-state index contributed by atoms with van der Waals surface area (Å²) < 4.78 is -0.442. The van der Waals surface area contributed by atoms with Gasteiger partial charge in [0, 0.05) is 12.3 Å². The van der Waals surface area contributed by atoms with Crippen LogP contribution in [0.3, 0.4) is 0 Å². The zero-order valence-electron chi connectivity index (χ0n) is 8.52. The summed E-state index contributed by atoms with van der Waals surface area (Å²) >= 11 is 5.18. The molecule has 4 heteroatoms. The molecule has 0 aliphatic carbocycles. The van der Waals surface area contributed by atoms with Gasteiger partial charge in [0.1, 0.15) is 0 Å². The third-order valence-corrected chi connectivity index (χ3v) is 2.97. The fourth-order valence-corrected chi connectivity index (χ4v) is 1.57. The highest BCUT2D eigenvalue weighted by molar-refractivity contribution is 9.10. The van der Waals surface area contributed by atoms with Crippen LogP contribution in [0.4, 0.5) is 0 Å². The van der Waals surface area contributed by atoms with Crippen molar-refractivity contribution in [3.8, 4) is 0 Å². The van der Waals surface area contributed by atoms with Crippen LogP contribution in [-0.4, -0.2) is 28.3 Å². The molecule has 0 heterocycles. The minimum atomic E-state index is -0.442. The van der Waals surface area contributed by atoms with Gasteiger partial charge in [0.05, 0.1) is 4.32 Å². The molecule has 0 aliphatic rings. The van der Waals surface area contributed by atoms with Crippen LogP contribution in [0.25, 0.3) is 0 Å². The molecule has 0 saturated carbocycles. The van der Waals surface area contributed by atoms with Crippen molar-refractivity contribution in [2.45, 2.75) is 31.5 Å². The summed E-state index contributed by atoms with van der Waals surface area (Å²) in [6.45, 7) is 6.62. The lowest BCUT2D eigenvalue weighted by Crippen LogP contribution is -2.38. The minimum Gasteiger partial charge on any atom is -0.354 e. The van der Waals surface area contributed by atoms with Crippen molar-refractivity contribution in [2.75, 3.05) is 18.1 Å². The summed E-state index contributed by atoms with van der Waals surface area (Å²) in [4.78, 5) is 11.3. The number of nitrogens with one attached hydrogen (secondary N) is 1. The van der Waals surface area contributed by atoms with Gasteiger partial charge in [-0.2, -0.15) is 11.8 Å². The van der Waals surface area contributed by atoms with Gasteiger partial charge in [0.15, 0.2) is 0 Å². The Morgan fingerprint density at radius 1 is 1.46 bits per heavy atom. The Morgan fingerprint density at radius 3 is 2.54 bits per heavy atom. The van der Waals surface area contributed by atoms with Crippen LogP contribution in [0, 0.1) is 0 Å². The molecule has 0 unspecified atom stereocenters. The van der Waals surface area contributed by atoms with Gasteiger partial charge in [0.2, 0.25) is 5.91 Å². The summed E-state index contributed by atoms with van der Waals surface area (Å²) in [7, 11) is 0. The molecule has 0 rings (SSSR count). The highest BCUT2D eigenvalue weighted by Gasteiger charge is 2.22. The maximum absolute atomic E-state index is 11.3. The molecule has 1 N–H and O–H groups in total. The molecule has 13 heavy (non-hydrogen) atoms. The maximum Gasteiger partial charge on any atom is 0.236 e. The second-order valence-corrected chi connectivity index (χ2v) is 6.55. The molecule has 1 amide bonds. The summed E-state index contributed by atoms with van der Waals surface area (Å²) in [5.74, 6) is 2.24. The Labute approximate surface area is 93.4 Å². The first-order valence-corrected chi connectivity index (χ1v) is 6.48. The van der Waals surface area contributed by atoms with E-state index in [0.717, 1.165) is 12.3 Å². The van der Waals surface area contributed by atoms with Gasteiger partial charge in [-0.1, -0.05) is 22.9 Å². The summed E-state index contributed by atoms with van der Waals surface area (Å²) in [5.41, 5.74) is 0. The Balaban J connectivity index is 3.38. The normalized spacial score (nSPS) is 11.4. The zero-order chi connectivity index (χ0) is 10.3. The summed E-state index contributed by atoms with van der Waals surface area (Å²) in [6, 6.07) is 0. The fourth-order valence-electron chi connectivity index (χ4n) is 0.693. The van der Waals surface area contributed by atoms with E-state index in [-0.39, 0.29) is 5.91 Å². The van der Waals surface area contributed by atoms with Crippen molar-refractivity contribution >= 4 is 33.6 Å². The maximum atomic E-state index is 11.3. The van der Waals surface area contributed by atoms with Gasteiger partial charge < -0.3 is 5.32 Å². The lowest BCUT2D eigenvalue weighted by Gasteiger charge is -2.15. The van der Waals surface area contributed by atoms with E-state index in [2.05, 4.69) is 28.2 Å². The number of hydrogen-bond donors (Lipinski definition) is 1. The first kappa shape index (κ1) is 13.3. The van der Waals surface area contributed by atoms with Crippen molar-refractivity contribution in [3.05, 3.63) is 0 Å². The van der Waals surface area contributed by atoms with Gasteiger partial charge in [0.25, 0.3) is 0 Å². The average Bonchev–Trinajstić information content (AvgIpc) is 2.02. The van der Waals surface area contributed by atoms with E-state index in [1.54, 1.807) is 0 Å². The number of halogens is 1. The van der Waals surface area contributed by atoms with Crippen LogP contribution in [0.2, 0.25) is 0 Å².